The zero-order valence-electron chi connectivity index (χ0n) is 27.6. The van der Waals surface area contributed by atoms with Gasteiger partial charge in [-0.15, -0.1) is 0 Å². The van der Waals surface area contributed by atoms with Crippen molar-refractivity contribution in [2.45, 2.75) is 71.4 Å². The molecule has 246 valence electrons. The Morgan fingerprint density at radius 3 is 2.43 bits per heavy atom. The standard InChI is InChI=1S/C34H43N5O6S/c1-22-10-8-11-23(2)30(22)27-17-28-36-32(35-27)37-46(42,43)26-13-9-12-24(16-26)31(41)38(25(20-45-28)18-33(3,4)5)19-29(40)39-14-15-44-21-34(39,6)7/h8-13,16-17,25H,14-15,18-21H2,1-7H3,(H,35,36,37)/t25-/m1/s1. The molecular weight excluding hydrogens is 606 g/mol. The molecule has 1 fully saturated rings. The minimum Gasteiger partial charge on any atom is -0.475 e. The lowest BCUT2D eigenvalue weighted by molar-refractivity contribution is -0.147. The first-order valence-electron chi connectivity index (χ1n) is 15.4. The molecule has 0 saturated carbocycles. The monoisotopic (exact) mass is 649 g/mol. The Labute approximate surface area is 271 Å². The fourth-order valence-electron chi connectivity index (χ4n) is 6.10. The summed E-state index contributed by atoms with van der Waals surface area (Å²) < 4.78 is 41.7. The Bertz CT molecular complexity index is 1730. The Morgan fingerprint density at radius 1 is 1.07 bits per heavy atom. The molecule has 0 unspecified atom stereocenters. The van der Waals surface area contributed by atoms with Crippen LogP contribution in [0.4, 0.5) is 5.95 Å². The highest BCUT2D eigenvalue weighted by Crippen LogP contribution is 2.31. The lowest BCUT2D eigenvalue weighted by Crippen LogP contribution is -2.59. The predicted molar refractivity (Wildman–Crippen MR) is 175 cm³/mol. The van der Waals surface area contributed by atoms with E-state index in [-0.39, 0.29) is 46.8 Å². The van der Waals surface area contributed by atoms with Crippen LogP contribution in [0, 0.1) is 19.3 Å². The van der Waals surface area contributed by atoms with Crippen molar-refractivity contribution in [3.63, 3.8) is 0 Å². The van der Waals surface area contributed by atoms with Crippen LogP contribution in [-0.4, -0.2) is 84.5 Å². The highest BCUT2D eigenvalue weighted by Gasteiger charge is 2.38. The molecule has 11 nitrogen and oxygen atoms in total. The number of morpholine rings is 1. The molecule has 0 aliphatic carbocycles. The molecule has 0 spiro atoms. The number of hydrogen-bond donors (Lipinski definition) is 1. The summed E-state index contributed by atoms with van der Waals surface area (Å²) in [5.74, 6) is -0.706. The second-order valence-corrected chi connectivity index (χ2v) is 15.6. The third kappa shape index (κ3) is 7.33. The summed E-state index contributed by atoms with van der Waals surface area (Å²) in [5.41, 5.74) is 2.57. The maximum atomic E-state index is 14.3. The molecule has 1 saturated heterocycles. The normalized spacial score (nSPS) is 19.6. The molecule has 3 aromatic rings. The largest absolute Gasteiger partial charge is 0.475 e. The molecule has 2 amide bonds. The number of carbonyl (C=O) groups is 2. The number of amides is 2. The van der Waals surface area contributed by atoms with Crippen molar-refractivity contribution >= 4 is 27.8 Å². The summed E-state index contributed by atoms with van der Waals surface area (Å²) in [6.45, 7) is 14.9. The molecule has 12 heteroatoms. The van der Waals surface area contributed by atoms with E-state index < -0.39 is 27.5 Å². The van der Waals surface area contributed by atoms with E-state index in [1.54, 1.807) is 17.0 Å². The number of carbonyl (C=O) groups excluding carboxylic acids is 2. The van der Waals surface area contributed by atoms with Crippen molar-refractivity contribution < 1.29 is 27.5 Å². The number of anilines is 1. The van der Waals surface area contributed by atoms with Gasteiger partial charge in [-0.2, -0.15) is 4.98 Å². The molecule has 1 N–H and O–H groups in total. The molecule has 3 heterocycles. The van der Waals surface area contributed by atoms with Crippen LogP contribution in [-0.2, 0) is 19.6 Å². The highest BCUT2D eigenvalue weighted by molar-refractivity contribution is 7.92. The van der Waals surface area contributed by atoms with Crippen LogP contribution < -0.4 is 9.46 Å². The summed E-state index contributed by atoms with van der Waals surface area (Å²) >= 11 is 0. The van der Waals surface area contributed by atoms with Crippen molar-refractivity contribution in [3.8, 4) is 17.1 Å². The number of aromatic nitrogens is 2. The lowest BCUT2D eigenvalue weighted by Gasteiger charge is -2.44. The van der Waals surface area contributed by atoms with E-state index in [2.05, 4.69) is 35.5 Å². The molecule has 0 radical (unpaired) electrons. The molecule has 5 rings (SSSR count). The highest BCUT2D eigenvalue weighted by atomic mass is 32.2. The van der Waals surface area contributed by atoms with E-state index >= 15 is 0 Å². The van der Waals surface area contributed by atoms with Crippen molar-refractivity contribution in [3.05, 3.63) is 65.2 Å². The average molecular weight is 650 g/mol. The Morgan fingerprint density at radius 2 is 1.76 bits per heavy atom. The molecule has 1 atom stereocenters. The predicted octanol–water partition coefficient (Wildman–Crippen LogP) is 4.84. The number of nitrogens with one attached hydrogen (secondary N) is 1. The minimum atomic E-state index is -4.21. The first kappa shape index (κ1) is 33.3. The number of ether oxygens (including phenoxy) is 2. The van der Waals surface area contributed by atoms with Gasteiger partial charge in [0.05, 0.1) is 35.4 Å². The van der Waals surface area contributed by atoms with Crippen LogP contribution in [0.1, 0.15) is 62.5 Å². The summed E-state index contributed by atoms with van der Waals surface area (Å²) in [6.07, 6.45) is 0.496. The topological polar surface area (TPSA) is 131 Å². The zero-order chi connectivity index (χ0) is 33.4. The van der Waals surface area contributed by atoms with Crippen LogP contribution in [0.3, 0.4) is 0 Å². The minimum absolute atomic E-state index is 0.0118. The van der Waals surface area contributed by atoms with E-state index in [4.69, 9.17) is 9.47 Å². The van der Waals surface area contributed by atoms with Crippen molar-refractivity contribution in [1.29, 1.82) is 0 Å². The maximum Gasteiger partial charge on any atom is 0.264 e. The molecule has 4 bridgehead atoms. The molecule has 2 aliphatic heterocycles. The van der Waals surface area contributed by atoms with Gasteiger partial charge >= 0.3 is 0 Å². The van der Waals surface area contributed by atoms with E-state index in [1.165, 1.54) is 23.1 Å². The van der Waals surface area contributed by atoms with Gasteiger partial charge in [0.1, 0.15) is 13.2 Å². The van der Waals surface area contributed by atoms with Gasteiger partial charge in [0.25, 0.3) is 15.9 Å². The fraction of sp³-hybridized carbons (Fsp3) is 0.471. The van der Waals surface area contributed by atoms with Crippen molar-refractivity contribution in [1.82, 2.24) is 19.8 Å². The number of hydrogen-bond acceptors (Lipinski definition) is 8. The molecule has 46 heavy (non-hydrogen) atoms. The van der Waals surface area contributed by atoms with Gasteiger partial charge in [0.2, 0.25) is 17.7 Å². The quantitative estimate of drug-likeness (QED) is 0.425. The van der Waals surface area contributed by atoms with Gasteiger partial charge in [-0.1, -0.05) is 45.0 Å². The van der Waals surface area contributed by atoms with Crippen molar-refractivity contribution in [2.75, 3.05) is 37.6 Å². The molecular formula is C34H43N5O6S. The third-order valence-electron chi connectivity index (χ3n) is 8.28. The maximum absolute atomic E-state index is 14.3. The summed E-state index contributed by atoms with van der Waals surface area (Å²) in [7, 11) is -4.21. The summed E-state index contributed by atoms with van der Waals surface area (Å²) in [4.78, 5) is 40.4. The van der Waals surface area contributed by atoms with E-state index in [0.29, 0.717) is 31.9 Å². The number of nitrogens with zero attached hydrogens (tertiary/aromatic N) is 4. The molecule has 2 aliphatic rings. The molecule has 1 aromatic heterocycles. The lowest BCUT2D eigenvalue weighted by atomic mass is 9.87. The number of sulfonamides is 1. The average Bonchev–Trinajstić information content (AvgIpc) is 2.96. The second-order valence-electron chi connectivity index (χ2n) is 13.9. The van der Waals surface area contributed by atoms with Gasteiger partial charge in [0, 0.05) is 23.7 Å². The first-order valence-corrected chi connectivity index (χ1v) is 16.9. The SMILES string of the molecule is Cc1cccc(C)c1-c1cc2nc(n1)NS(=O)(=O)c1cccc(c1)C(=O)N(CC(=O)N1CCOCC1(C)C)[C@H](CC(C)(C)C)CO2. The van der Waals surface area contributed by atoms with Gasteiger partial charge in [-0.25, -0.2) is 18.1 Å². The number of rotatable bonds is 4. The van der Waals surface area contributed by atoms with Crippen LogP contribution in [0.25, 0.3) is 11.3 Å². The molecule has 2 aromatic carbocycles. The number of fused-ring (bicyclic) bond motifs is 4. The van der Waals surface area contributed by atoms with Crippen molar-refractivity contribution in [2.24, 2.45) is 5.41 Å². The Hall–Kier alpha value is -4.03. The zero-order valence-corrected chi connectivity index (χ0v) is 28.4. The number of aryl methyl sites for hydroxylation is 2. The van der Waals surface area contributed by atoms with E-state index in [1.807, 2.05) is 45.9 Å². The second kappa shape index (κ2) is 12.6. The fourth-order valence-corrected chi connectivity index (χ4v) is 7.09. The van der Waals surface area contributed by atoms with Crippen LogP contribution in [0.15, 0.2) is 53.4 Å². The van der Waals surface area contributed by atoms with Crippen LogP contribution in [0.2, 0.25) is 0 Å². The van der Waals surface area contributed by atoms with Gasteiger partial charge < -0.3 is 19.3 Å². The smallest absolute Gasteiger partial charge is 0.264 e. The van der Waals surface area contributed by atoms with E-state index in [0.717, 1.165) is 16.7 Å². The third-order valence-corrected chi connectivity index (χ3v) is 9.61. The van der Waals surface area contributed by atoms with Crippen LogP contribution >= 0.6 is 0 Å². The van der Waals surface area contributed by atoms with Gasteiger partial charge in [0.15, 0.2) is 0 Å². The number of benzene rings is 2. The summed E-state index contributed by atoms with van der Waals surface area (Å²) in [5, 5.41) is 0. The Balaban J connectivity index is 1.64. The Kier molecular flexibility index (Phi) is 9.16. The first-order chi connectivity index (χ1) is 21.5. The summed E-state index contributed by atoms with van der Waals surface area (Å²) in [6, 6.07) is 12.8. The van der Waals surface area contributed by atoms with E-state index in [9.17, 15) is 18.0 Å². The van der Waals surface area contributed by atoms with Gasteiger partial charge in [-0.3, -0.25) is 9.59 Å². The van der Waals surface area contributed by atoms with Crippen LogP contribution in [0.5, 0.6) is 5.88 Å². The van der Waals surface area contributed by atoms with Gasteiger partial charge in [-0.05, 0) is 68.9 Å².